The smallest absolute Gasteiger partial charge is 0.306 e. The van der Waals surface area contributed by atoms with Gasteiger partial charge in [-0.2, -0.15) is 0 Å². The molecule has 0 radical (unpaired) electrons. The van der Waals surface area contributed by atoms with Crippen LogP contribution in [0.3, 0.4) is 0 Å². The van der Waals surface area contributed by atoms with Crippen LogP contribution in [-0.4, -0.2) is 22.5 Å². The molecule has 0 aliphatic carbocycles. The van der Waals surface area contributed by atoms with Gasteiger partial charge in [0.2, 0.25) is 0 Å². The minimum absolute atomic E-state index is 0.0280. The van der Waals surface area contributed by atoms with Gasteiger partial charge in [-0.25, -0.2) is 0 Å². The van der Waals surface area contributed by atoms with E-state index in [0.717, 1.165) is 44.1 Å². The van der Waals surface area contributed by atoms with Gasteiger partial charge in [0.1, 0.15) is 0 Å². The molecule has 2 N–H and O–H groups in total. The zero-order valence-corrected chi connectivity index (χ0v) is 17.7. The molecule has 0 atom stereocenters. The number of esters is 1. The van der Waals surface area contributed by atoms with Crippen LogP contribution in [0.4, 0.5) is 0 Å². The number of carbonyl (C=O) groups excluding carboxylic acids is 1. The van der Waals surface area contributed by atoms with Crippen molar-refractivity contribution in [1.82, 2.24) is 9.97 Å². The fourth-order valence-electron chi connectivity index (χ4n) is 4.25. The van der Waals surface area contributed by atoms with Crippen molar-refractivity contribution in [3.8, 4) is 0 Å². The number of carbonyl (C=O) groups is 1. The molecule has 2 aromatic heterocycles. The Balaban J connectivity index is 2.00. The van der Waals surface area contributed by atoms with E-state index in [0.29, 0.717) is 29.0 Å². The molecule has 6 heteroatoms. The fraction of sp³-hybridized carbons (Fsp3) is 0.304. The molecule has 2 aromatic carbocycles. The normalized spacial score (nSPS) is 11.6. The van der Waals surface area contributed by atoms with E-state index in [1.54, 1.807) is 6.92 Å². The second-order valence-electron chi connectivity index (χ2n) is 7.43. The lowest BCUT2D eigenvalue weighted by molar-refractivity contribution is -0.143. The highest BCUT2D eigenvalue weighted by atomic mass is 35.5. The summed E-state index contributed by atoms with van der Waals surface area (Å²) in [5, 5.41) is 3.45. The summed E-state index contributed by atoms with van der Waals surface area (Å²) in [5.41, 5.74) is 6.05. The molecule has 150 valence electrons. The van der Waals surface area contributed by atoms with Gasteiger partial charge in [0, 0.05) is 39.0 Å². The molecule has 0 aliphatic heterocycles. The number of pyridine rings is 1. The molecule has 0 spiro atoms. The number of nitrogens with one attached hydrogen (secondary N) is 2. The molecule has 0 amide bonds. The molecule has 4 rings (SSSR count). The summed E-state index contributed by atoms with van der Waals surface area (Å²) in [6.07, 6.45) is 0.545. The van der Waals surface area contributed by atoms with Crippen LogP contribution in [0.25, 0.3) is 32.7 Å². The van der Waals surface area contributed by atoms with E-state index in [9.17, 15) is 9.59 Å². The van der Waals surface area contributed by atoms with Gasteiger partial charge in [0.25, 0.3) is 0 Å². The highest BCUT2D eigenvalue weighted by Crippen LogP contribution is 2.36. The first kappa shape index (κ1) is 19.5. The van der Waals surface area contributed by atoms with Gasteiger partial charge in [0.15, 0.2) is 5.43 Å². The number of fused-ring (bicyclic) bond motifs is 4. The summed E-state index contributed by atoms with van der Waals surface area (Å²) in [4.78, 5) is 32.0. The van der Waals surface area contributed by atoms with E-state index < -0.39 is 0 Å². The van der Waals surface area contributed by atoms with E-state index in [1.165, 1.54) is 0 Å². The summed E-state index contributed by atoms with van der Waals surface area (Å²) < 4.78 is 5.01. The first-order valence-corrected chi connectivity index (χ1v) is 10.1. The molecule has 0 bridgehead atoms. The van der Waals surface area contributed by atoms with Gasteiger partial charge in [-0.15, -0.1) is 0 Å². The summed E-state index contributed by atoms with van der Waals surface area (Å²) in [6, 6.07) is 5.76. The van der Waals surface area contributed by atoms with Crippen LogP contribution >= 0.6 is 11.6 Å². The molecule has 0 saturated heterocycles. The average Bonchev–Trinajstić information content (AvgIpc) is 3.05. The van der Waals surface area contributed by atoms with Crippen molar-refractivity contribution in [2.45, 2.75) is 40.5 Å². The lowest BCUT2D eigenvalue weighted by atomic mass is 9.95. The summed E-state index contributed by atoms with van der Waals surface area (Å²) >= 11 is 6.23. The zero-order valence-electron chi connectivity index (χ0n) is 17.0. The van der Waals surface area contributed by atoms with Gasteiger partial charge in [-0.3, -0.25) is 9.59 Å². The Kier molecular flexibility index (Phi) is 4.87. The monoisotopic (exact) mass is 410 g/mol. The van der Waals surface area contributed by atoms with Gasteiger partial charge < -0.3 is 14.7 Å². The molecule has 0 unspecified atom stereocenters. The van der Waals surface area contributed by atoms with E-state index in [4.69, 9.17) is 16.3 Å². The van der Waals surface area contributed by atoms with Crippen LogP contribution in [0.1, 0.15) is 35.7 Å². The third-order valence-corrected chi connectivity index (χ3v) is 5.90. The third kappa shape index (κ3) is 3.10. The van der Waals surface area contributed by atoms with Crippen molar-refractivity contribution in [2.24, 2.45) is 0 Å². The molecule has 4 aromatic rings. The maximum absolute atomic E-state index is 13.4. The minimum Gasteiger partial charge on any atom is -0.466 e. The zero-order chi connectivity index (χ0) is 20.9. The molecule has 0 aliphatic rings. The number of aryl methyl sites for hydroxylation is 3. The van der Waals surface area contributed by atoms with Crippen molar-refractivity contribution in [3.05, 3.63) is 55.8 Å². The Hall–Kier alpha value is -2.79. The van der Waals surface area contributed by atoms with Gasteiger partial charge in [-0.05, 0) is 63.4 Å². The number of hydrogen-bond acceptors (Lipinski definition) is 3. The topological polar surface area (TPSA) is 75.0 Å². The Morgan fingerprint density at radius 2 is 1.76 bits per heavy atom. The van der Waals surface area contributed by atoms with Crippen LogP contribution in [0.15, 0.2) is 23.0 Å². The first-order valence-electron chi connectivity index (χ1n) is 9.74. The van der Waals surface area contributed by atoms with Crippen LogP contribution < -0.4 is 5.43 Å². The number of hydrogen-bond donors (Lipinski definition) is 2. The maximum Gasteiger partial charge on any atom is 0.306 e. The predicted molar refractivity (Wildman–Crippen MR) is 118 cm³/mol. The Labute approximate surface area is 173 Å². The maximum atomic E-state index is 13.4. The molecular formula is C23H23ClN2O3. The fourth-order valence-corrected chi connectivity index (χ4v) is 4.42. The van der Waals surface area contributed by atoms with Crippen LogP contribution in [0.5, 0.6) is 0 Å². The number of ether oxygens (including phenoxy) is 1. The van der Waals surface area contributed by atoms with E-state index in [2.05, 4.69) is 9.97 Å². The minimum atomic E-state index is -0.290. The molecule has 0 saturated carbocycles. The molecule has 5 nitrogen and oxygen atoms in total. The van der Waals surface area contributed by atoms with Crippen molar-refractivity contribution in [1.29, 1.82) is 0 Å². The van der Waals surface area contributed by atoms with Crippen molar-refractivity contribution >= 4 is 50.3 Å². The van der Waals surface area contributed by atoms with E-state index >= 15 is 0 Å². The van der Waals surface area contributed by atoms with Crippen molar-refractivity contribution in [3.63, 3.8) is 0 Å². The van der Waals surface area contributed by atoms with E-state index in [-0.39, 0.29) is 17.8 Å². The summed E-state index contributed by atoms with van der Waals surface area (Å²) in [6.45, 7) is 7.97. The molecule has 29 heavy (non-hydrogen) atoms. The van der Waals surface area contributed by atoms with Crippen molar-refractivity contribution in [2.75, 3.05) is 6.61 Å². The summed E-state index contributed by atoms with van der Waals surface area (Å²) in [5.74, 6) is -0.290. The second kappa shape index (κ2) is 7.23. The first-order chi connectivity index (χ1) is 13.8. The second-order valence-corrected chi connectivity index (χ2v) is 7.86. The Morgan fingerprint density at radius 1 is 1.07 bits per heavy atom. The molecular weight excluding hydrogens is 388 g/mol. The number of aromatic amines is 2. The highest BCUT2D eigenvalue weighted by molar-refractivity contribution is 6.32. The number of halogens is 1. The van der Waals surface area contributed by atoms with Crippen LogP contribution in [0.2, 0.25) is 5.02 Å². The lowest BCUT2D eigenvalue weighted by Gasteiger charge is -2.13. The quantitative estimate of drug-likeness (QED) is 0.452. The van der Waals surface area contributed by atoms with Gasteiger partial charge in [0.05, 0.1) is 23.0 Å². The van der Waals surface area contributed by atoms with Crippen LogP contribution in [-0.2, 0) is 16.0 Å². The standard InChI is InChI=1S/C23H23ClN2O3/c1-5-29-18(27)9-7-15-13(4)25-22-11(2)19-16-10-14(24)6-8-17(16)26-21(19)12(3)20(22)23(15)28/h6,8,10,26H,5,7,9H2,1-4H3,(H,25,28). The van der Waals surface area contributed by atoms with Crippen molar-refractivity contribution < 1.29 is 9.53 Å². The number of rotatable bonds is 4. The van der Waals surface area contributed by atoms with Crippen LogP contribution in [0, 0.1) is 20.8 Å². The highest BCUT2D eigenvalue weighted by Gasteiger charge is 2.19. The SMILES string of the molecule is CCOC(=O)CCc1c(C)[nH]c2c(C)c3c([nH]c4ccc(Cl)cc43)c(C)c2c1=O. The number of aromatic nitrogens is 2. The van der Waals surface area contributed by atoms with E-state index in [1.807, 2.05) is 39.0 Å². The third-order valence-electron chi connectivity index (χ3n) is 5.66. The van der Waals surface area contributed by atoms with Gasteiger partial charge in [-0.1, -0.05) is 11.6 Å². The lowest BCUT2D eigenvalue weighted by Crippen LogP contribution is -2.17. The molecule has 2 heterocycles. The number of H-pyrrole nitrogens is 2. The largest absolute Gasteiger partial charge is 0.466 e. The molecule has 0 fully saturated rings. The average molecular weight is 411 g/mol. The predicted octanol–water partition coefficient (Wildman–Crippen LogP) is 5.24. The Bertz CT molecular complexity index is 1350. The van der Waals surface area contributed by atoms with Gasteiger partial charge >= 0.3 is 5.97 Å². The summed E-state index contributed by atoms with van der Waals surface area (Å²) in [7, 11) is 0. The Morgan fingerprint density at radius 3 is 2.48 bits per heavy atom. The number of benzene rings is 2.